The molecule has 0 saturated carbocycles. The molecule has 0 atom stereocenters. The number of thiophene rings is 1. The highest BCUT2D eigenvalue weighted by Crippen LogP contribution is 2.42. The van der Waals surface area contributed by atoms with Gasteiger partial charge in [0, 0.05) is 54.1 Å². The van der Waals surface area contributed by atoms with Crippen LogP contribution in [-0.4, -0.2) is 60.4 Å². The van der Waals surface area contributed by atoms with Crippen molar-refractivity contribution in [1.29, 1.82) is 0 Å². The first kappa shape index (κ1) is 33.2. The zero-order valence-electron chi connectivity index (χ0n) is 24.7. The van der Waals surface area contributed by atoms with E-state index in [2.05, 4.69) is 20.5 Å². The van der Waals surface area contributed by atoms with Crippen molar-refractivity contribution in [1.82, 2.24) is 15.2 Å². The third-order valence-electron chi connectivity index (χ3n) is 7.17. The number of benzene rings is 3. The summed E-state index contributed by atoms with van der Waals surface area (Å²) < 4.78 is 33.6. The molecule has 0 bridgehead atoms. The van der Waals surface area contributed by atoms with Gasteiger partial charge < -0.3 is 24.8 Å². The summed E-state index contributed by atoms with van der Waals surface area (Å²) in [6, 6.07) is 25.4. The van der Waals surface area contributed by atoms with E-state index in [4.69, 9.17) is 26.4 Å². The maximum absolute atomic E-state index is 15.2. The fraction of sp³-hybridized carbons (Fsp3) is 0.206. The number of halogens is 2. The predicted octanol–water partition coefficient (Wildman–Crippen LogP) is 7.08. The number of ether oxygens (including phenoxy) is 3. The summed E-state index contributed by atoms with van der Waals surface area (Å²) in [5, 5.41) is 5.56. The largest absolute Gasteiger partial charge is 0.492 e. The number of thiocarbonyl (C=S) groups is 1. The van der Waals surface area contributed by atoms with Gasteiger partial charge >= 0.3 is 0 Å². The van der Waals surface area contributed by atoms with E-state index in [1.54, 1.807) is 18.3 Å². The van der Waals surface area contributed by atoms with Crippen molar-refractivity contribution in [2.45, 2.75) is 6.42 Å². The summed E-state index contributed by atoms with van der Waals surface area (Å²) in [5.74, 6) is 0.486. The molecule has 5 aromatic rings. The first-order valence-electron chi connectivity index (χ1n) is 14.5. The first-order valence-corrected chi connectivity index (χ1v) is 15.8. The van der Waals surface area contributed by atoms with Crippen LogP contribution >= 0.6 is 36.0 Å². The fourth-order valence-electron chi connectivity index (χ4n) is 4.93. The SMILES string of the molecule is Cl.O=C(Cc1ccccc1)NC(=S)Nc1ccc(Oc2ccnc3cc(-c4ccccc4OCCN4CCOCC4)sc23)c(F)c1. The summed E-state index contributed by atoms with van der Waals surface area (Å²) in [6.07, 6.45) is 1.82. The predicted molar refractivity (Wildman–Crippen MR) is 186 cm³/mol. The Kier molecular flexibility index (Phi) is 11.5. The van der Waals surface area contributed by atoms with Crippen LogP contribution in [0.25, 0.3) is 20.7 Å². The van der Waals surface area contributed by atoms with Gasteiger partial charge in [-0.1, -0.05) is 42.5 Å². The van der Waals surface area contributed by atoms with Crippen LogP contribution in [-0.2, 0) is 16.0 Å². The van der Waals surface area contributed by atoms with Gasteiger partial charge in [0.05, 0.1) is 29.9 Å². The summed E-state index contributed by atoms with van der Waals surface area (Å²) in [7, 11) is 0. The summed E-state index contributed by atoms with van der Waals surface area (Å²) in [6.45, 7) is 4.74. The molecule has 2 aromatic heterocycles. The van der Waals surface area contributed by atoms with Gasteiger partial charge in [0.25, 0.3) is 0 Å². The van der Waals surface area contributed by atoms with Crippen molar-refractivity contribution in [3.63, 3.8) is 0 Å². The molecule has 2 N–H and O–H groups in total. The highest BCUT2D eigenvalue weighted by molar-refractivity contribution is 7.80. The highest BCUT2D eigenvalue weighted by Gasteiger charge is 2.16. The molecule has 0 unspecified atom stereocenters. The van der Waals surface area contributed by atoms with Crippen molar-refractivity contribution < 1.29 is 23.4 Å². The third-order valence-corrected chi connectivity index (χ3v) is 8.54. The number of hydrogen-bond acceptors (Lipinski definition) is 8. The minimum atomic E-state index is -0.584. The molecular formula is C34H32ClFN4O4S2. The Morgan fingerprint density at radius 3 is 2.57 bits per heavy atom. The minimum absolute atomic E-state index is 0. The third kappa shape index (κ3) is 8.56. The van der Waals surface area contributed by atoms with Crippen molar-refractivity contribution in [2.75, 3.05) is 44.8 Å². The number of hydrogen-bond donors (Lipinski definition) is 2. The van der Waals surface area contributed by atoms with E-state index in [0.29, 0.717) is 18.0 Å². The molecular weight excluding hydrogens is 647 g/mol. The van der Waals surface area contributed by atoms with Crippen LogP contribution in [0, 0.1) is 5.82 Å². The maximum atomic E-state index is 15.2. The van der Waals surface area contributed by atoms with E-state index in [-0.39, 0.29) is 35.6 Å². The van der Waals surface area contributed by atoms with E-state index in [9.17, 15) is 4.79 Å². The Balaban J connectivity index is 0.00000417. The monoisotopic (exact) mass is 678 g/mol. The van der Waals surface area contributed by atoms with E-state index >= 15 is 4.39 Å². The van der Waals surface area contributed by atoms with Gasteiger partial charge in [-0.05, 0) is 48.1 Å². The smallest absolute Gasteiger partial charge is 0.230 e. The van der Waals surface area contributed by atoms with Gasteiger partial charge in [0.1, 0.15) is 18.1 Å². The Morgan fingerprint density at radius 2 is 1.76 bits per heavy atom. The molecule has 3 aromatic carbocycles. The lowest BCUT2D eigenvalue weighted by Gasteiger charge is -2.26. The molecule has 6 rings (SSSR count). The standard InChI is InChI=1S/C34H31FN4O4S2.ClH/c35-26-21-24(37-34(44)38-32(40)20-23-6-2-1-3-7-23)10-11-29(26)43-30-12-13-36-27-22-31(45-33(27)30)25-8-4-5-9-28(25)42-19-16-39-14-17-41-18-15-39;/h1-13,21-22H,14-20H2,(H2,37,38,40,44);1H. The number of anilines is 1. The average molecular weight is 679 g/mol. The number of pyridine rings is 1. The lowest BCUT2D eigenvalue weighted by Crippen LogP contribution is -2.38. The number of rotatable bonds is 10. The molecule has 12 heteroatoms. The number of fused-ring (bicyclic) bond motifs is 1. The molecule has 1 aliphatic heterocycles. The lowest BCUT2D eigenvalue weighted by molar-refractivity contribution is -0.119. The quantitative estimate of drug-likeness (QED) is 0.152. The van der Waals surface area contributed by atoms with Crippen molar-refractivity contribution in [3.05, 3.63) is 103 Å². The molecule has 0 radical (unpaired) electrons. The van der Waals surface area contributed by atoms with Crippen LogP contribution in [0.3, 0.4) is 0 Å². The van der Waals surface area contributed by atoms with Crippen molar-refractivity contribution in [3.8, 4) is 27.7 Å². The average Bonchev–Trinajstić information content (AvgIpc) is 3.49. The second-order valence-electron chi connectivity index (χ2n) is 10.3. The Hall–Kier alpha value is -4.13. The number of amides is 1. The number of morpholine rings is 1. The van der Waals surface area contributed by atoms with Crippen LogP contribution in [0.1, 0.15) is 5.56 Å². The molecule has 1 amide bonds. The van der Waals surface area contributed by atoms with Gasteiger partial charge in [0.2, 0.25) is 5.91 Å². The number of nitrogens with one attached hydrogen (secondary N) is 2. The van der Waals surface area contributed by atoms with E-state index in [0.717, 1.165) is 64.8 Å². The van der Waals surface area contributed by atoms with Crippen LogP contribution in [0.2, 0.25) is 0 Å². The summed E-state index contributed by atoms with van der Waals surface area (Å²) in [5.41, 5.74) is 2.95. The maximum Gasteiger partial charge on any atom is 0.230 e. The zero-order chi connectivity index (χ0) is 31.0. The highest BCUT2D eigenvalue weighted by atomic mass is 35.5. The second-order valence-corrected chi connectivity index (χ2v) is 11.8. The van der Waals surface area contributed by atoms with Gasteiger partial charge in [-0.15, -0.1) is 23.7 Å². The number of carbonyl (C=O) groups excluding carboxylic acids is 1. The fourth-order valence-corrected chi connectivity index (χ4v) is 6.25. The van der Waals surface area contributed by atoms with Crippen LogP contribution in [0.4, 0.5) is 10.1 Å². The van der Waals surface area contributed by atoms with Crippen LogP contribution in [0.15, 0.2) is 91.1 Å². The Morgan fingerprint density at radius 1 is 0.978 bits per heavy atom. The molecule has 8 nitrogen and oxygen atoms in total. The number of para-hydroxylation sites is 1. The molecule has 238 valence electrons. The molecule has 0 aliphatic carbocycles. The molecule has 0 spiro atoms. The molecule has 46 heavy (non-hydrogen) atoms. The van der Waals surface area contributed by atoms with Gasteiger partial charge in [-0.25, -0.2) is 4.39 Å². The van der Waals surface area contributed by atoms with Crippen molar-refractivity contribution in [2.24, 2.45) is 0 Å². The first-order chi connectivity index (χ1) is 22.0. The van der Waals surface area contributed by atoms with Gasteiger partial charge in [0.15, 0.2) is 16.7 Å². The van der Waals surface area contributed by atoms with Gasteiger partial charge in [-0.2, -0.15) is 0 Å². The van der Waals surface area contributed by atoms with Gasteiger partial charge in [-0.3, -0.25) is 14.7 Å². The second kappa shape index (κ2) is 15.9. The Labute approximate surface area is 281 Å². The van der Waals surface area contributed by atoms with E-state index in [1.165, 1.54) is 23.5 Å². The molecule has 1 aliphatic rings. The number of aromatic nitrogens is 1. The van der Waals surface area contributed by atoms with Crippen LogP contribution < -0.4 is 20.1 Å². The zero-order valence-corrected chi connectivity index (χ0v) is 27.2. The molecule has 1 saturated heterocycles. The molecule has 3 heterocycles. The van der Waals surface area contributed by atoms with Crippen LogP contribution in [0.5, 0.6) is 17.2 Å². The van der Waals surface area contributed by atoms with E-state index in [1.807, 2.05) is 60.7 Å². The van der Waals surface area contributed by atoms with Crippen molar-refractivity contribution >= 4 is 62.9 Å². The summed E-state index contributed by atoms with van der Waals surface area (Å²) >= 11 is 6.76. The number of nitrogens with zero attached hydrogens (tertiary/aromatic N) is 2. The topological polar surface area (TPSA) is 85.0 Å². The van der Waals surface area contributed by atoms with E-state index < -0.39 is 5.82 Å². The minimum Gasteiger partial charge on any atom is -0.492 e. The normalized spacial score (nSPS) is 13.1. The summed E-state index contributed by atoms with van der Waals surface area (Å²) in [4.78, 5) is 20.1. The Bertz CT molecular complexity index is 1800. The number of carbonyl (C=O) groups is 1. The lowest BCUT2D eigenvalue weighted by atomic mass is 10.1. The molecule has 1 fully saturated rings.